The van der Waals surface area contributed by atoms with E-state index in [-0.39, 0.29) is 17.3 Å². The molecule has 1 aromatic rings. The first-order chi connectivity index (χ1) is 8.95. The topological polar surface area (TPSA) is 105 Å². The van der Waals surface area contributed by atoms with Gasteiger partial charge in [0.1, 0.15) is 9.88 Å². The lowest BCUT2D eigenvalue weighted by Gasteiger charge is -2.10. The first kappa shape index (κ1) is 15.9. The Balaban J connectivity index is 2.50. The number of hydrogen-bond acceptors (Lipinski definition) is 6. The Labute approximate surface area is 119 Å². The van der Waals surface area contributed by atoms with E-state index in [0.29, 0.717) is 17.1 Å². The number of aromatic carboxylic acids is 1. The summed E-state index contributed by atoms with van der Waals surface area (Å²) in [5, 5.41) is 12.1. The summed E-state index contributed by atoms with van der Waals surface area (Å²) < 4.78 is 0. The van der Waals surface area contributed by atoms with Gasteiger partial charge in [-0.3, -0.25) is 4.79 Å². The number of nitrogens with one attached hydrogen (secondary N) is 1. The molecule has 0 aliphatic rings. The smallest absolute Gasteiger partial charge is 0.347 e. The van der Waals surface area contributed by atoms with E-state index in [1.165, 1.54) is 0 Å². The van der Waals surface area contributed by atoms with E-state index in [4.69, 9.17) is 10.8 Å². The third kappa shape index (κ3) is 4.81. The summed E-state index contributed by atoms with van der Waals surface area (Å²) >= 11 is 2.70. The number of carboxylic acids is 1. The Bertz CT molecular complexity index is 462. The van der Waals surface area contributed by atoms with Crippen molar-refractivity contribution in [3.63, 3.8) is 0 Å². The van der Waals surface area contributed by atoms with Crippen LogP contribution in [0.3, 0.4) is 0 Å². The lowest BCUT2D eigenvalue weighted by Crippen LogP contribution is -2.40. The van der Waals surface area contributed by atoms with Crippen LogP contribution < -0.4 is 11.1 Å². The fourth-order valence-electron chi connectivity index (χ4n) is 1.40. The molecule has 0 saturated carbocycles. The highest BCUT2D eigenvalue weighted by Gasteiger charge is 2.16. The normalized spacial score (nSPS) is 12.2. The molecule has 1 atom stereocenters. The van der Waals surface area contributed by atoms with Crippen molar-refractivity contribution in [1.82, 2.24) is 10.3 Å². The molecule has 0 spiro atoms. The van der Waals surface area contributed by atoms with Crippen molar-refractivity contribution >= 4 is 35.0 Å². The van der Waals surface area contributed by atoms with Gasteiger partial charge in [0.2, 0.25) is 5.91 Å². The Morgan fingerprint density at radius 3 is 2.79 bits per heavy atom. The summed E-state index contributed by atoms with van der Waals surface area (Å²) in [6, 6.07) is -0.535. The molecular weight excluding hydrogens is 286 g/mol. The average molecular weight is 303 g/mol. The van der Waals surface area contributed by atoms with E-state index < -0.39 is 12.0 Å². The van der Waals surface area contributed by atoms with Crippen molar-refractivity contribution < 1.29 is 14.7 Å². The van der Waals surface area contributed by atoms with Crippen molar-refractivity contribution in [1.29, 1.82) is 0 Å². The van der Waals surface area contributed by atoms with Crippen molar-refractivity contribution in [3.8, 4) is 0 Å². The first-order valence-corrected chi connectivity index (χ1v) is 7.88. The maximum atomic E-state index is 11.7. The minimum absolute atomic E-state index is 0.205. The lowest BCUT2D eigenvalue weighted by molar-refractivity contribution is -0.122. The van der Waals surface area contributed by atoms with Gasteiger partial charge in [-0.1, -0.05) is 0 Å². The number of amides is 1. The van der Waals surface area contributed by atoms with Gasteiger partial charge >= 0.3 is 5.97 Å². The fraction of sp³-hybridized carbons (Fsp3) is 0.545. The highest BCUT2D eigenvalue weighted by Crippen LogP contribution is 2.17. The zero-order valence-electron chi connectivity index (χ0n) is 10.8. The van der Waals surface area contributed by atoms with Gasteiger partial charge in [-0.2, -0.15) is 11.8 Å². The van der Waals surface area contributed by atoms with Gasteiger partial charge in [-0.15, -0.1) is 11.3 Å². The van der Waals surface area contributed by atoms with Crippen LogP contribution in [0.1, 0.15) is 26.8 Å². The van der Waals surface area contributed by atoms with E-state index >= 15 is 0 Å². The number of nitrogens with two attached hydrogens (primary N) is 1. The highest BCUT2D eigenvalue weighted by atomic mass is 32.2. The Kier molecular flexibility index (Phi) is 6.26. The fourth-order valence-corrected chi connectivity index (χ4v) is 2.73. The Morgan fingerprint density at radius 1 is 1.58 bits per heavy atom. The predicted octanol–water partition coefficient (Wildman–Crippen LogP) is 0.846. The van der Waals surface area contributed by atoms with E-state index in [1.807, 2.05) is 6.26 Å². The van der Waals surface area contributed by atoms with E-state index in [0.717, 1.165) is 17.1 Å². The van der Waals surface area contributed by atoms with E-state index in [2.05, 4.69) is 10.3 Å². The monoisotopic (exact) mass is 303 g/mol. The van der Waals surface area contributed by atoms with Gasteiger partial charge in [0.25, 0.3) is 0 Å². The van der Waals surface area contributed by atoms with Crippen LogP contribution in [0.4, 0.5) is 0 Å². The quantitative estimate of drug-likeness (QED) is 0.689. The van der Waals surface area contributed by atoms with Crippen molar-refractivity contribution in [2.24, 2.45) is 5.73 Å². The number of aromatic nitrogens is 1. The van der Waals surface area contributed by atoms with Gasteiger partial charge in [0.05, 0.1) is 18.3 Å². The van der Waals surface area contributed by atoms with Crippen LogP contribution in [0.2, 0.25) is 0 Å². The SMILES string of the molecule is CSCC[C@@H](N)C(=O)NCc1nc(C)c(C(=O)O)s1. The minimum Gasteiger partial charge on any atom is -0.477 e. The number of carboxylic acid groups (broad SMARTS) is 1. The minimum atomic E-state index is -0.996. The average Bonchev–Trinajstić information content (AvgIpc) is 2.74. The highest BCUT2D eigenvalue weighted by molar-refractivity contribution is 7.98. The number of rotatable bonds is 7. The molecule has 0 unspecified atom stereocenters. The molecule has 106 valence electrons. The molecule has 0 bridgehead atoms. The summed E-state index contributed by atoms with van der Waals surface area (Å²) in [4.78, 5) is 26.8. The molecule has 6 nitrogen and oxygen atoms in total. The second kappa shape index (κ2) is 7.46. The molecule has 0 fully saturated rings. The zero-order chi connectivity index (χ0) is 14.4. The van der Waals surface area contributed by atoms with Gasteiger partial charge in [-0.05, 0) is 25.4 Å². The predicted molar refractivity (Wildman–Crippen MR) is 76.6 cm³/mol. The summed E-state index contributed by atoms with van der Waals surface area (Å²) in [6.45, 7) is 1.85. The molecule has 1 aromatic heterocycles. The Hall–Kier alpha value is -1.12. The van der Waals surface area contributed by atoms with Crippen LogP contribution >= 0.6 is 23.1 Å². The maximum absolute atomic E-state index is 11.7. The molecule has 1 amide bonds. The molecule has 0 aliphatic carbocycles. The number of hydrogen-bond donors (Lipinski definition) is 3. The molecule has 0 aliphatic heterocycles. The first-order valence-electron chi connectivity index (χ1n) is 5.67. The van der Waals surface area contributed by atoms with Gasteiger partial charge in [0, 0.05) is 0 Å². The van der Waals surface area contributed by atoms with Crippen LogP contribution in [0.15, 0.2) is 0 Å². The number of carbonyl (C=O) groups is 2. The largest absolute Gasteiger partial charge is 0.477 e. The van der Waals surface area contributed by atoms with Crippen molar-refractivity contribution in [2.75, 3.05) is 12.0 Å². The number of nitrogens with zero attached hydrogens (tertiary/aromatic N) is 1. The van der Waals surface area contributed by atoms with Crippen molar-refractivity contribution in [3.05, 3.63) is 15.6 Å². The second-order valence-electron chi connectivity index (χ2n) is 3.93. The van der Waals surface area contributed by atoms with E-state index in [9.17, 15) is 9.59 Å². The molecule has 4 N–H and O–H groups in total. The number of thioether (sulfide) groups is 1. The third-order valence-corrected chi connectivity index (χ3v) is 4.21. The number of aryl methyl sites for hydroxylation is 1. The van der Waals surface area contributed by atoms with Gasteiger partial charge in [-0.25, -0.2) is 9.78 Å². The summed E-state index contributed by atoms with van der Waals surface area (Å²) in [7, 11) is 0. The lowest BCUT2D eigenvalue weighted by atomic mass is 10.2. The molecule has 0 saturated heterocycles. The molecular formula is C11H17N3O3S2. The number of thiazole rings is 1. The van der Waals surface area contributed by atoms with Gasteiger partial charge < -0.3 is 16.2 Å². The number of carbonyl (C=O) groups excluding carboxylic acids is 1. The third-order valence-electron chi connectivity index (χ3n) is 2.42. The maximum Gasteiger partial charge on any atom is 0.347 e. The van der Waals surface area contributed by atoms with Crippen LogP contribution in [0.5, 0.6) is 0 Å². The summed E-state index contributed by atoms with van der Waals surface area (Å²) in [6.07, 6.45) is 2.57. The molecule has 8 heteroatoms. The standard InChI is InChI=1S/C11H17N3O3S2/c1-6-9(11(16)17)19-8(14-6)5-13-10(15)7(12)3-4-18-2/h7H,3-5,12H2,1-2H3,(H,13,15)(H,16,17)/t7-/m1/s1. The van der Waals surface area contributed by atoms with E-state index in [1.54, 1.807) is 18.7 Å². The molecule has 1 rings (SSSR count). The molecule has 19 heavy (non-hydrogen) atoms. The van der Waals surface area contributed by atoms with Crippen LogP contribution in [-0.2, 0) is 11.3 Å². The van der Waals surface area contributed by atoms with Crippen LogP contribution in [-0.4, -0.2) is 40.0 Å². The Morgan fingerprint density at radius 2 is 2.26 bits per heavy atom. The van der Waals surface area contributed by atoms with Crippen molar-refractivity contribution in [2.45, 2.75) is 25.9 Å². The summed E-state index contributed by atoms with van der Waals surface area (Å²) in [5.74, 6) is -0.406. The van der Waals surface area contributed by atoms with Gasteiger partial charge in [0.15, 0.2) is 0 Å². The molecule has 0 aromatic carbocycles. The molecule has 1 heterocycles. The summed E-state index contributed by atoms with van der Waals surface area (Å²) in [5.41, 5.74) is 6.18. The molecule has 0 radical (unpaired) electrons. The zero-order valence-corrected chi connectivity index (χ0v) is 12.4. The van der Waals surface area contributed by atoms with Crippen LogP contribution in [0.25, 0.3) is 0 Å². The van der Waals surface area contributed by atoms with Crippen LogP contribution in [0, 0.1) is 6.92 Å². The second-order valence-corrected chi connectivity index (χ2v) is 6.00.